The summed E-state index contributed by atoms with van der Waals surface area (Å²) in [5, 5.41) is 45.4. The van der Waals surface area contributed by atoms with Crippen LogP contribution in [0.5, 0.6) is 0 Å². The normalized spacial score (nSPS) is 16.8. The van der Waals surface area contributed by atoms with Gasteiger partial charge in [0.1, 0.15) is 24.9 Å². The number of rotatable bonds is 9. The zero-order valence-electron chi connectivity index (χ0n) is 10.4. The molecule has 7 N–H and O–H groups in total. The van der Waals surface area contributed by atoms with E-state index in [2.05, 4.69) is 10.5 Å². The minimum absolute atomic E-state index is 0.426. The summed E-state index contributed by atoms with van der Waals surface area (Å²) >= 11 is 0. The number of nitrogens with two attached hydrogens (primary N) is 1. The second-order valence-electron chi connectivity index (χ2n) is 3.97. The van der Waals surface area contributed by atoms with Crippen LogP contribution in [0.3, 0.4) is 0 Å². The van der Waals surface area contributed by atoms with Crippen molar-refractivity contribution in [1.82, 2.24) is 0 Å². The van der Waals surface area contributed by atoms with E-state index in [1.165, 1.54) is 0 Å². The number of carboxylic acid groups (broad SMARTS) is 1. The number of aliphatic hydroxyl groups excluding tert-OH is 4. The Hall–Kier alpha value is -1.75. The monoisotopic (exact) mass is 295 g/mol. The largest absolute Gasteiger partial charge is 0.481 e. The van der Waals surface area contributed by atoms with Gasteiger partial charge in [0.2, 0.25) is 5.91 Å². The average Bonchev–Trinajstić information content (AvgIpc) is 2.39. The number of carbonyl (C=O) groups is 3. The van der Waals surface area contributed by atoms with Crippen molar-refractivity contribution in [3.63, 3.8) is 0 Å². The van der Waals surface area contributed by atoms with E-state index in [1.807, 2.05) is 0 Å². The highest BCUT2D eigenvalue weighted by Gasteiger charge is 2.33. The van der Waals surface area contributed by atoms with Crippen LogP contribution in [0, 0.1) is 0 Å². The number of aliphatic hydroxyl groups is 4. The molecule has 20 heavy (non-hydrogen) atoms. The van der Waals surface area contributed by atoms with Crippen molar-refractivity contribution in [2.45, 2.75) is 37.3 Å². The van der Waals surface area contributed by atoms with Crippen LogP contribution >= 0.6 is 0 Å². The molecule has 10 nitrogen and oxygen atoms in total. The van der Waals surface area contributed by atoms with Gasteiger partial charge in [-0.15, -0.1) is 0 Å². The molecule has 10 heteroatoms. The Morgan fingerprint density at radius 3 is 2.00 bits per heavy atom. The number of amides is 1. The number of carboxylic acids is 1. The van der Waals surface area contributed by atoms with Crippen molar-refractivity contribution in [3.8, 4) is 0 Å². The zero-order chi connectivity index (χ0) is 15.9. The number of aliphatic carboxylic acids is 1. The molecule has 0 radical (unpaired) electrons. The third-order valence-corrected chi connectivity index (χ3v) is 2.32. The van der Waals surface area contributed by atoms with Gasteiger partial charge in [0, 0.05) is 0 Å². The number of ether oxygens (including phenoxy) is 1. The van der Waals surface area contributed by atoms with Gasteiger partial charge >= 0.3 is 11.9 Å². The van der Waals surface area contributed by atoms with Crippen LogP contribution in [-0.4, -0.2) is 74.4 Å². The quantitative estimate of drug-likeness (QED) is 0.233. The molecular weight excluding hydrogens is 278 g/mol. The fraction of sp³-hybridized carbons (Fsp3) is 0.700. The molecule has 0 aliphatic rings. The second-order valence-corrected chi connectivity index (χ2v) is 3.97. The van der Waals surface area contributed by atoms with E-state index in [9.17, 15) is 29.7 Å². The van der Waals surface area contributed by atoms with Crippen LogP contribution in [0.25, 0.3) is 0 Å². The molecule has 0 aliphatic heterocycles. The Bertz CT molecular complexity index is 359. The van der Waals surface area contributed by atoms with E-state index in [0.717, 1.165) is 0 Å². The summed E-state index contributed by atoms with van der Waals surface area (Å²) in [6.07, 6.45) is -8.80. The molecule has 4 atom stereocenters. The fourth-order valence-corrected chi connectivity index (χ4v) is 1.14. The molecule has 0 aromatic heterocycles. The molecule has 0 aliphatic carbocycles. The number of primary amides is 1. The van der Waals surface area contributed by atoms with Crippen LogP contribution in [-0.2, 0) is 19.1 Å². The molecule has 0 aromatic rings. The van der Waals surface area contributed by atoms with Gasteiger partial charge in [-0.25, -0.2) is 0 Å². The standard InChI is InChI=1S/C10H17NO9/c11-10(19)9(18)8(17)7(16)4(12)3-20-6(15)2-1-5(13)14/h4,7-9,12,16-18H,1-3H2,(H2,11,19)(H,13,14)/t4-,7-,8+,9-/m1/s1. The Morgan fingerprint density at radius 2 is 1.55 bits per heavy atom. The summed E-state index contributed by atoms with van der Waals surface area (Å²) in [4.78, 5) is 31.8. The smallest absolute Gasteiger partial charge is 0.306 e. The van der Waals surface area contributed by atoms with Gasteiger partial charge < -0.3 is 36.0 Å². The van der Waals surface area contributed by atoms with Crippen LogP contribution in [0.2, 0.25) is 0 Å². The maximum absolute atomic E-state index is 11.0. The van der Waals surface area contributed by atoms with Crippen LogP contribution in [0.1, 0.15) is 12.8 Å². The van der Waals surface area contributed by atoms with Gasteiger partial charge in [0.25, 0.3) is 0 Å². The van der Waals surface area contributed by atoms with Crippen LogP contribution in [0.15, 0.2) is 0 Å². The minimum atomic E-state index is -2.10. The summed E-state index contributed by atoms with van der Waals surface area (Å²) in [6.45, 7) is -0.748. The van der Waals surface area contributed by atoms with Gasteiger partial charge in [-0.2, -0.15) is 0 Å². The van der Waals surface area contributed by atoms with Gasteiger partial charge in [-0.05, 0) is 0 Å². The van der Waals surface area contributed by atoms with Crippen molar-refractivity contribution in [2.75, 3.05) is 6.61 Å². The van der Waals surface area contributed by atoms with Crippen molar-refractivity contribution in [2.24, 2.45) is 5.73 Å². The summed E-state index contributed by atoms with van der Waals surface area (Å²) in [6, 6.07) is 0. The molecule has 116 valence electrons. The SMILES string of the molecule is NC(=O)[C@H](O)[C@@H](O)[C@H](O)[C@H](O)COC(=O)CCC(=O)O. The van der Waals surface area contributed by atoms with Crippen molar-refractivity contribution in [1.29, 1.82) is 0 Å². The number of hydrogen-bond acceptors (Lipinski definition) is 8. The molecule has 0 rings (SSSR count). The molecule has 0 saturated carbocycles. The first kappa shape index (κ1) is 18.2. The van der Waals surface area contributed by atoms with Gasteiger partial charge in [0.05, 0.1) is 12.8 Å². The lowest BCUT2D eigenvalue weighted by Gasteiger charge is -2.24. The van der Waals surface area contributed by atoms with Crippen molar-refractivity contribution in [3.05, 3.63) is 0 Å². The number of carbonyl (C=O) groups excluding carboxylic acids is 2. The van der Waals surface area contributed by atoms with Gasteiger partial charge in [-0.1, -0.05) is 0 Å². The first-order chi connectivity index (χ1) is 9.16. The molecule has 1 amide bonds. The van der Waals surface area contributed by atoms with E-state index in [4.69, 9.17) is 10.2 Å². The number of esters is 1. The van der Waals surface area contributed by atoms with E-state index < -0.39 is 61.7 Å². The Balaban J connectivity index is 4.19. The molecular formula is C10H17NO9. The van der Waals surface area contributed by atoms with Crippen LogP contribution in [0.4, 0.5) is 0 Å². The molecule has 0 saturated heterocycles. The predicted octanol–water partition coefficient (Wildman–Crippen LogP) is -3.68. The Labute approximate surface area is 113 Å². The highest BCUT2D eigenvalue weighted by Crippen LogP contribution is 2.06. The van der Waals surface area contributed by atoms with E-state index in [0.29, 0.717) is 0 Å². The van der Waals surface area contributed by atoms with Gasteiger partial charge in [-0.3, -0.25) is 14.4 Å². The first-order valence-electron chi connectivity index (χ1n) is 5.55. The molecule has 0 spiro atoms. The molecule has 0 heterocycles. The zero-order valence-corrected chi connectivity index (χ0v) is 10.4. The molecule has 0 aromatic carbocycles. The summed E-state index contributed by atoms with van der Waals surface area (Å²) in [5.74, 6) is -3.44. The molecule has 0 unspecified atom stereocenters. The maximum Gasteiger partial charge on any atom is 0.306 e. The lowest BCUT2D eigenvalue weighted by molar-refractivity contribution is -0.159. The van der Waals surface area contributed by atoms with Crippen molar-refractivity contribution < 1.29 is 44.7 Å². The molecule has 0 bridgehead atoms. The minimum Gasteiger partial charge on any atom is -0.481 e. The lowest BCUT2D eigenvalue weighted by Crippen LogP contribution is -2.50. The third-order valence-electron chi connectivity index (χ3n) is 2.32. The van der Waals surface area contributed by atoms with Crippen LogP contribution < -0.4 is 5.73 Å². The highest BCUT2D eigenvalue weighted by molar-refractivity contribution is 5.79. The van der Waals surface area contributed by atoms with Gasteiger partial charge in [0.15, 0.2) is 6.10 Å². The Kier molecular flexibility index (Phi) is 7.69. The average molecular weight is 295 g/mol. The van der Waals surface area contributed by atoms with E-state index in [1.54, 1.807) is 0 Å². The highest BCUT2D eigenvalue weighted by atomic mass is 16.5. The van der Waals surface area contributed by atoms with E-state index in [-0.39, 0.29) is 0 Å². The van der Waals surface area contributed by atoms with Crippen molar-refractivity contribution >= 4 is 17.8 Å². The molecule has 0 fully saturated rings. The Morgan fingerprint density at radius 1 is 1.00 bits per heavy atom. The second kappa shape index (κ2) is 8.43. The van der Waals surface area contributed by atoms with E-state index >= 15 is 0 Å². The summed E-state index contributed by atoms with van der Waals surface area (Å²) in [7, 11) is 0. The maximum atomic E-state index is 11.0. The third kappa shape index (κ3) is 6.43. The predicted molar refractivity (Wildman–Crippen MR) is 61.1 cm³/mol. The topological polar surface area (TPSA) is 188 Å². The lowest BCUT2D eigenvalue weighted by atomic mass is 10.0. The summed E-state index contributed by atoms with van der Waals surface area (Å²) in [5.41, 5.74) is 4.68. The first-order valence-corrected chi connectivity index (χ1v) is 5.55. The summed E-state index contributed by atoms with van der Waals surface area (Å²) < 4.78 is 4.44. The fourth-order valence-electron chi connectivity index (χ4n) is 1.14. The number of hydrogen-bond donors (Lipinski definition) is 6.